The van der Waals surface area contributed by atoms with Crippen LogP contribution in [0.1, 0.15) is 24.0 Å². The third-order valence-electron chi connectivity index (χ3n) is 4.70. The van der Waals surface area contributed by atoms with Crippen molar-refractivity contribution in [2.75, 3.05) is 13.1 Å². The summed E-state index contributed by atoms with van der Waals surface area (Å²) in [6, 6.07) is 15.1. The molecule has 138 valence electrons. The zero-order valence-corrected chi connectivity index (χ0v) is 16.4. The number of nitrogens with one attached hydrogen (secondary N) is 1. The Kier molecular flexibility index (Phi) is 6.46. The number of aryl methyl sites for hydroxylation is 1. The lowest BCUT2D eigenvalue weighted by molar-refractivity contribution is -0.126. The molecule has 1 aliphatic heterocycles. The van der Waals surface area contributed by atoms with Gasteiger partial charge in [-0.25, -0.2) is 8.51 Å². The third kappa shape index (κ3) is 4.72. The molecule has 0 radical (unpaired) electrons. The SMILES string of the molecule is Cc1ccccc1CNC(=O)C1CCCN(S(=O)c2cccc(Cl)c2)C1. The number of benzene rings is 2. The molecule has 2 aromatic carbocycles. The van der Waals surface area contributed by atoms with Gasteiger partial charge in [0.2, 0.25) is 5.91 Å². The van der Waals surface area contributed by atoms with Crippen LogP contribution in [0.2, 0.25) is 5.02 Å². The Morgan fingerprint density at radius 1 is 1.27 bits per heavy atom. The third-order valence-corrected chi connectivity index (χ3v) is 6.39. The molecule has 1 fully saturated rings. The van der Waals surface area contributed by atoms with Gasteiger partial charge in [0.1, 0.15) is 11.0 Å². The Balaban J connectivity index is 1.60. The van der Waals surface area contributed by atoms with Gasteiger partial charge >= 0.3 is 0 Å². The van der Waals surface area contributed by atoms with E-state index in [0.717, 1.165) is 24.9 Å². The van der Waals surface area contributed by atoms with Crippen LogP contribution < -0.4 is 5.32 Å². The molecule has 1 N–H and O–H groups in total. The highest BCUT2D eigenvalue weighted by molar-refractivity contribution is 7.82. The Hall–Kier alpha value is -1.69. The van der Waals surface area contributed by atoms with E-state index in [-0.39, 0.29) is 11.8 Å². The van der Waals surface area contributed by atoms with E-state index in [2.05, 4.69) is 5.32 Å². The zero-order valence-electron chi connectivity index (χ0n) is 14.8. The number of nitrogens with zero attached hydrogens (tertiary/aromatic N) is 1. The summed E-state index contributed by atoms with van der Waals surface area (Å²) in [5.74, 6) is -0.114. The van der Waals surface area contributed by atoms with Crippen molar-refractivity contribution in [2.45, 2.75) is 31.2 Å². The van der Waals surface area contributed by atoms with Crippen molar-refractivity contribution in [2.24, 2.45) is 5.92 Å². The number of carbonyl (C=O) groups excluding carboxylic acids is 1. The monoisotopic (exact) mass is 390 g/mol. The maximum Gasteiger partial charge on any atom is 0.224 e. The van der Waals surface area contributed by atoms with Gasteiger partial charge in [-0.05, 0) is 49.1 Å². The molecule has 6 heteroatoms. The van der Waals surface area contributed by atoms with Crippen molar-refractivity contribution >= 4 is 28.5 Å². The van der Waals surface area contributed by atoms with Crippen molar-refractivity contribution in [1.82, 2.24) is 9.62 Å². The Bertz CT molecular complexity index is 812. The number of rotatable bonds is 5. The minimum absolute atomic E-state index is 0.0287. The molecule has 0 saturated carbocycles. The van der Waals surface area contributed by atoms with E-state index in [1.165, 1.54) is 5.56 Å². The van der Waals surface area contributed by atoms with Crippen LogP contribution in [-0.4, -0.2) is 27.5 Å². The molecule has 0 aliphatic carbocycles. The van der Waals surface area contributed by atoms with Crippen LogP contribution in [0.3, 0.4) is 0 Å². The minimum atomic E-state index is -1.29. The lowest BCUT2D eigenvalue weighted by Gasteiger charge is -2.30. The summed E-state index contributed by atoms with van der Waals surface area (Å²) in [5.41, 5.74) is 2.29. The second kappa shape index (κ2) is 8.80. The molecule has 1 saturated heterocycles. The van der Waals surface area contributed by atoms with Crippen molar-refractivity contribution in [3.8, 4) is 0 Å². The fourth-order valence-corrected chi connectivity index (χ4v) is 4.75. The second-order valence-electron chi connectivity index (χ2n) is 6.58. The summed E-state index contributed by atoms with van der Waals surface area (Å²) in [4.78, 5) is 13.3. The lowest BCUT2D eigenvalue weighted by Crippen LogP contribution is -2.43. The van der Waals surface area contributed by atoms with Gasteiger partial charge in [0.15, 0.2) is 0 Å². The maximum absolute atomic E-state index is 12.8. The smallest absolute Gasteiger partial charge is 0.224 e. The fraction of sp³-hybridized carbons (Fsp3) is 0.350. The predicted octanol–water partition coefficient (Wildman–Crippen LogP) is 3.70. The van der Waals surface area contributed by atoms with Crippen LogP contribution in [0.15, 0.2) is 53.4 Å². The first kappa shape index (κ1) is 19.1. The maximum atomic E-state index is 12.8. The molecule has 0 bridgehead atoms. The number of amides is 1. The van der Waals surface area contributed by atoms with E-state index < -0.39 is 11.0 Å². The molecule has 2 unspecified atom stereocenters. The van der Waals surface area contributed by atoms with Gasteiger partial charge in [-0.3, -0.25) is 4.79 Å². The van der Waals surface area contributed by atoms with Crippen LogP contribution >= 0.6 is 11.6 Å². The van der Waals surface area contributed by atoms with E-state index >= 15 is 0 Å². The Morgan fingerprint density at radius 2 is 2.08 bits per heavy atom. The number of halogens is 1. The van der Waals surface area contributed by atoms with Crippen molar-refractivity contribution in [1.29, 1.82) is 0 Å². The van der Waals surface area contributed by atoms with Crippen LogP contribution in [0.5, 0.6) is 0 Å². The van der Waals surface area contributed by atoms with Gasteiger partial charge in [0.05, 0.1) is 10.8 Å². The van der Waals surface area contributed by atoms with E-state index in [1.807, 2.05) is 41.6 Å². The molecule has 2 atom stereocenters. The zero-order chi connectivity index (χ0) is 18.5. The first-order valence-electron chi connectivity index (χ1n) is 8.79. The predicted molar refractivity (Wildman–Crippen MR) is 105 cm³/mol. The highest BCUT2D eigenvalue weighted by atomic mass is 35.5. The summed E-state index contributed by atoms with van der Waals surface area (Å²) in [5, 5.41) is 3.60. The summed E-state index contributed by atoms with van der Waals surface area (Å²) in [6.07, 6.45) is 1.68. The molecule has 1 heterocycles. The average molecular weight is 391 g/mol. The van der Waals surface area contributed by atoms with E-state index in [1.54, 1.807) is 18.2 Å². The summed E-state index contributed by atoms with van der Waals surface area (Å²) < 4.78 is 14.7. The van der Waals surface area contributed by atoms with Crippen LogP contribution in [0.4, 0.5) is 0 Å². The fourth-order valence-electron chi connectivity index (χ4n) is 3.17. The number of hydrogen-bond donors (Lipinski definition) is 1. The number of carbonyl (C=O) groups is 1. The highest BCUT2D eigenvalue weighted by Crippen LogP contribution is 2.23. The Morgan fingerprint density at radius 3 is 2.85 bits per heavy atom. The van der Waals surface area contributed by atoms with Crippen LogP contribution in [-0.2, 0) is 22.3 Å². The lowest BCUT2D eigenvalue weighted by atomic mass is 9.98. The highest BCUT2D eigenvalue weighted by Gasteiger charge is 2.29. The summed E-state index contributed by atoms with van der Waals surface area (Å²) in [7, 11) is -1.29. The molecule has 0 spiro atoms. The van der Waals surface area contributed by atoms with E-state index in [0.29, 0.717) is 23.0 Å². The van der Waals surface area contributed by atoms with E-state index in [9.17, 15) is 9.00 Å². The van der Waals surface area contributed by atoms with Crippen molar-refractivity contribution in [3.05, 3.63) is 64.7 Å². The van der Waals surface area contributed by atoms with Gasteiger partial charge in [0, 0.05) is 24.7 Å². The van der Waals surface area contributed by atoms with Gasteiger partial charge in [-0.2, -0.15) is 0 Å². The van der Waals surface area contributed by atoms with Crippen molar-refractivity contribution < 1.29 is 9.00 Å². The average Bonchev–Trinajstić information content (AvgIpc) is 2.66. The largest absolute Gasteiger partial charge is 0.352 e. The van der Waals surface area contributed by atoms with Gasteiger partial charge in [-0.1, -0.05) is 41.9 Å². The molecule has 26 heavy (non-hydrogen) atoms. The van der Waals surface area contributed by atoms with Crippen LogP contribution in [0, 0.1) is 12.8 Å². The van der Waals surface area contributed by atoms with Gasteiger partial charge in [-0.15, -0.1) is 0 Å². The molecule has 0 aromatic heterocycles. The molecule has 4 nitrogen and oxygen atoms in total. The van der Waals surface area contributed by atoms with Gasteiger partial charge in [0.25, 0.3) is 0 Å². The molecule has 1 aliphatic rings. The van der Waals surface area contributed by atoms with Crippen LogP contribution in [0.25, 0.3) is 0 Å². The first-order chi connectivity index (χ1) is 12.5. The summed E-state index contributed by atoms with van der Waals surface area (Å²) >= 11 is 6.00. The normalized spacial score (nSPS) is 19.1. The number of hydrogen-bond acceptors (Lipinski definition) is 2. The quantitative estimate of drug-likeness (QED) is 0.846. The van der Waals surface area contributed by atoms with Gasteiger partial charge < -0.3 is 5.32 Å². The standard InChI is InChI=1S/C20H23ClN2O2S/c1-15-6-2-3-7-16(15)13-22-20(24)17-8-5-11-23(14-17)26(25)19-10-4-9-18(21)12-19/h2-4,6-7,9-10,12,17H,5,8,11,13-14H2,1H3,(H,22,24). The molecular weight excluding hydrogens is 368 g/mol. The topological polar surface area (TPSA) is 49.4 Å². The van der Waals surface area contributed by atoms with E-state index in [4.69, 9.17) is 11.6 Å². The molecule has 3 rings (SSSR count). The summed E-state index contributed by atoms with van der Waals surface area (Å²) in [6.45, 7) is 3.79. The second-order valence-corrected chi connectivity index (χ2v) is 8.50. The molecule has 2 aromatic rings. The van der Waals surface area contributed by atoms with Crippen molar-refractivity contribution in [3.63, 3.8) is 0 Å². The molecule has 1 amide bonds. The number of piperidine rings is 1. The molecular formula is C20H23ClN2O2S. The minimum Gasteiger partial charge on any atom is -0.352 e. The Labute approximate surface area is 162 Å². The first-order valence-corrected chi connectivity index (χ1v) is 10.3.